The predicted octanol–water partition coefficient (Wildman–Crippen LogP) is 8.42. The van der Waals surface area contributed by atoms with Crippen molar-refractivity contribution in [3.05, 3.63) is 102 Å². The molecule has 0 saturated carbocycles. The van der Waals surface area contributed by atoms with Gasteiger partial charge in [0.05, 0.1) is 5.69 Å². The molecule has 158 valence electrons. The van der Waals surface area contributed by atoms with E-state index in [0.717, 1.165) is 33.6 Å². The van der Waals surface area contributed by atoms with E-state index in [1.807, 2.05) is 6.20 Å². The van der Waals surface area contributed by atoms with Gasteiger partial charge in [0, 0.05) is 38.9 Å². The van der Waals surface area contributed by atoms with E-state index in [9.17, 15) is 0 Å². The van der Waals surface area contributed by atoms with Crippen molar-refractivity contribution in [1.82, 2.24) is 4.98 Å². The minimum absolute atomic E-state index is 0.250. The highest BCUT2D eigenvalue weighted by molar-refractivity contribution is 6.19. The molecule has 0 aliphatic heterocycles. The number of aryl methyl sites for hydroxylation is 1. The Morgan fingerprint density at radius 3 is 2.33 bits per heavy atom. The van der Waals surface area contributed by atoms with Crippen LogP contribution in [-0.2, 0) is 5.41 Å². The number of benzene rings is 4. The standard InChI is InChI=1S/C31H23NO/c1-18-13-14-23-25-26-24(16-15-22(30(26)33-29(18)25)19-9-5-4-6-10-19)31(2,3)27-21-12-8-7-11-20(21)17-32-28(23)27/h4-17H,1-3H3. The van der Waals surface area contributed by atoms with Crippen LogP contribution in [0.1, 0.15) is 30.5 Å². The zero-order valence-electron chi connectivity index (χ0n) is 18.9. The van der Waals surface area contributed by atoms with Gasteiger partial charge in [0.25, 0.3) is 0 Å². The van der Waals surface area contributed by atoms with Crippen LogP contribution in [0.2, 0.25) is 0 Å². The second kappa shape index (κ2) is 6.32. The van der Waals surface area contributed by atoms with Gasteiger partial charge in [-0.15, -0.1) is 0 Å². The molecule has 2 aromatic heterocycles. The molecule has 1 aliphatic carbocycles. The van der Waals surface area contributed by atoms with E-state index in [4.69, 9.17) is 9.40 Å². The van der Waals surface area contributed by atoms with Crippen LogP contribution in [0.15, 0.2) is 89.5 Å². The minimum atomic E-state index is -0.250. The van der Waals surface area contributed by atoms with E-state index in [0.29, 0.717) is 0 Å². The Balaban J connectivity index is 1.73. The second-order valence-corrected chi connectivity index (χ2v) is 9.66. The van der Waals surface area contributed by atoms with Gasteiger partial charge < -0.3 is 4.42 Å². The summed E-state index contributed by atoms with van der Waals surface area (Å²) in [5.74, 6) is 0. The Labute approximate surface area is 192 Å². The Hall–Kier alpha value is -3.91. The van der Waals surface area contributed by atoms with Crippen LogP contribution in [-0.4, -0.2) is 4.98 Å². The van der Waals surface area contributed by atoms with E-state index in [1.165, 1.54) is 38.2 Å². The highest BCUT2D eigenvalue weighted by Gasteiger charge is 2.36. The van der Waals surface area contributed by atoms with Crippen molar-refractivity contribution in [2.24, 2.45) is 0 Å². The van der Waals surface area contributed by atoms with Crippen LogP contribution in [0.5, 0.6) is 0 Å². The molecule has 4 aromatic carbocycles. The van der Waals surface area contributed by atoms with Gasteiger partial charge in [0.2, 0.25) is 0 Å². The van der Waals surface area contributed by atoms with Gasteiger partial charge in [0.1, 0.15) is 11.2 Å². The number of nitrogens with zero attached hydrogens (tertiary/aromatic N) is 1. The number of pyridine rings is 1. The number of furan rings is 1. The van der Waals surface area contributed by atoms with Crippen LogP contribution >= 0.6 is 0 Å². The van der Waals surface area contributed by atoms with Gasteiger partial charge in [-0.05, 0) is 34.6 Å². The molecular formula is C31H23NO. The fraction of sp³-hybridized carbons (Fsp3) is 0.129. The fourth-order valence-electron chi connectivity index (χ4n) is 5.80. The molecule has 2 heteroatoms. The molecule has 2 nitrogen and oxygen atoms in total. The Morgan fingerprint density at radius 2 is 1.48 bits per heavy atom. The molecule has 0 atom stereocenters. The maximum atomic E-state index is 6.69. The van der Waals surface area contributed by atoms with E-state index >= 15 is 0 Å². The normalized spacial score (nSPS) is 14.2. The van der Waals surface area contributed by atoms with E-state index in [2.05, 4.69) is 99.6 Å². The molecular weight excluding hydrogens is 402 g/mol. The smallest absolute Gasteiger partial charge is 0.143 e. The summed E-state index contributed by atoms with van der Waals surface area (Å²) in [5, 5.41) is 4.85. The van der Waals surface area contributed by atoms with Crippen molar-refractivity contribution in [3.8, 4) is 22.4 Å². The molecule has 33 heavy (non-hydrogen) atoms. The summed E-state index contributed by atoms with van der Waals surface area (Å²) in [7, 11) is 0. The molecule has 0 fully saturated rings. The number of aromatic nitrogens is 1. The number of hydrogen-bond acceptors (Lipinski definition) is 2. The molecule has 0 amide bonds. The zero-order chi connectivity index (χ0) is 22.3. The average Bonchev–Trinajstić information content (AvgIpc) is 3.21. The van der Waals surface area contributed by atoms with Crippen LogP contribution in [0.25, 0.3) is 55.1 Å². The molecule has 0 unspecified atom stereocenters. The lowest BCUT2D eigenvalue weighted by Gasteiger charge is -2.29. The largest absolute Gasteiger partial charge is 0.455 e. The maximum absolute atomic E-state index is 6.69. The molecule has 7 rings (SSSR count). The number of fused-ring (bicyclic) bond motifs is 4. The molecule has 0 spiro atoms. The summed E-state index contributed by atoms with van der Waals surface area (Å²) < 4.78 is 6.69. The van der Waals surface area contributed by atoms with Gasteiger partial charge >= 0.3 is 0 Å². The summed E-state index contributed by atoms with van der Waals surface area (Å²) in [6.07, 6.45) is 2.01. The quantitative estimate of drug-likeness (QED) is 0.264. The molecule has 1 aliphatic rings. The van der Waals surface area contributed by atoms with Crippen LogP contribution in [0, 0.1) is 6.92 Å². The van der Waals surface area contributed by atoms with Gasteiger partial charge in [-0.25, -0.2) is 0 Å². The van der Waals surface area contributed by atoms with E-state index < -0.39 is 0 Å². The maximum Gasteiger partial charge on any atom is 0.143 e. The van der Waals surface area contributed by atoms with Gasteiger partial charge in [0.15, 0.2) is 0 Å². The van der Waals surface area contributed by atoms with Crippen molar-refractivity contribution in [2.45, 2.75) is 26.2 Å². The van der Waals surface area contributed by atoms with Crippen LogP contribution in [0.4, 0.5) is 0 Å². The Morgan fingerprint density at radius 1 is 0.727 bits per heavy atom. The zero-order valence-corrected chi connectivity index (χ0v) is 18.9. The van der Waals surface area contributed by atoms with Crippen LogP contribution < -0.4 is 0 Å². The molecule has 6 aromatic rings. The Kier molecular flexibility index (Phi) is 3.57. The van der Waals surface area contributed by atoms with Crippen molar-refractivity contribution < 1.29 is 4.42 Å². The monoisotopic (exact) mass is 425 g/mol. The summed E-state index contributed by atoms with van der Waals surface area (Å²) >= 11 is 0. The number of rotatable bonds is 1. The third-order valence-corrected chi connectivity index (χ3v) is 7.40. The minimum Gasteiger partial charge on any atom is -0.455 e. The Bertz CT molecular complexity index is 1740. The SMILES string of the molecule is Cc1ccc2c3c1oc1c(-c4ccccc4)ccc(c13)C(C)(C)c1c-2ncc2ccccc12. The highest BCUT2D eigenvalue weighted by atomic mass is 16.3. The summed E-state index contributed by atoms with van der Waals surface area (Å²) in [6, 6.07) is 28.1. The average molecular weight is 426 g/mol. The van der Waals surface area contributed by atoms with E-state index in [1.54, 1.807) is 0 Å². The second-order valence-electron chi connectivity index (χ2n) is 9.66. The first-order valence-electron chi connectivity index (χ1n) is 11.5. The fourth-order valence-corrected chi connectivity index (χ4v) is 5.80. The summed E-state index contributed by atoms with van der Waals surface area (Å²) in [5.41, 5.74) is 9.94. The van der Waals surface area contributed by atoms with Crippen molar-refractivity contribution in [3.63, 3.8) is 0 Å². The van der Waals surface area contributed by atoms with Gasteiger partial charge in [-0.1, -0.05) is 92.7 Å². The molecule has 0 saturated heterocycles. The molecule has 0 radical (unpaired) electrons. The predicted molar refractivity (Wildman–Crippen MR) is 137 cm³/mol. The molecule has 0 bridgehead atoms. The highest BCUT2D eigenvalue weighted by Crippen LogP contribution is 2.52. The van der Waals surface area contributed by atoms with Gasteiger partial charge in [-0.2, -0.15) is 0 Å². The van der Waals surface area contributed by atoms with Crippen molar-refractivity contribution in [2.75, 3.05) is 0 Å². The number of hydrogen-bond donors (Lipinski definition) is 0. The lowest BCUT2D eigenvalue weighted by Crippen LogP contribution is -2.20. The third kappa shape index (κ3) is 2.36. The summed E-state index contributed by atoms with van der Waals surface area (Å²) in [4.78, 5) is 5.05. The first kappa shape index (κ1) is 18.6. The first-order chi connectivity index (χ1) is 16.1. The third-order valence-electron chi connectivity index (χ3n) is 7.40. The van der Waals surface area contributed by atoms with Crippen molar-refractivity contribution >= 4 is 32.7 Å². The van der Waals surface area contributed by atoms with Crippen molar-refractivity contribution in [1.29, 1.82) is 0 Å². The lowest BCUT2D eigenvalue weighted by atomic mass is 9.74. The molecule has 0 N–H and O–H groups in total. The molecule has 2 heterocycles. The summed E-state index contributed by atoms with van der Waals surface area (Å²) in [6.45, 7) is 6.79. The van der Waals surface area contributed by atoms with Crippen LogP contribution in [0.3, 0.4) is 0 Å². The van der Waals surface area contributed by atoms with Gasteiger partial charge in [-0.3, -0.25) is 4.98 Å². The lowest BCUT2D eigenvalue weighted by molar-refractivity contribution is 0.646. The topological polar surface area (TPSA) is 26.0 Å². The van der Waals surface area contributed by atoms with E-state index in [-0.39, 0.29) is 5.41 Å². The first-order valence-corrected chi connectivity index (χ1v) is 11.5.